The standard InChI is InChI=1S/C27H34ClN5O3/c1-5-33(6-2)20-12-13-21-22(15-20)36-25(27(35)30-23-14-9-18(28)16-29-23)24(21)31-26(34)17-7-10-19(11-8-17)32(3)4/h9,12-17,19H,5-8,10-11H2,1-4H3,(H,31,34)(H,29,30,35). The molecule has 8 nitrogen and oxygen atoms in total. The number of furan rings is 1. The summed E-state index contributed by atoms with van der Waals surface area (Å²) in [6.45, 7) is 5.87. The summed E-state index contributed by atoms with van der Waals surface area (Å²) in [5.74, 6) is -0.282. The lowest BCUT2D eigenvalue weighted by molar-refractivity contribution is -0.121. The lowest BCUT2D eigenvalue weighted by atomic mass is 9.85. The molecule has 4 rings (SSSR count). The largest absolute Gasteiger partial charge is 0.449 e. The second-order valence-corrected chi connectivity index (χ2v) is 9.87. The molecule has 3 aromatic rings. The number of carbonyl (C=O) groups is 2. The van der Waals surface area contributed by atoms with Crippen molar-refractivity contribution >= 4 is 51.6 Å². The summed E-state index contributed by atoms with van der Waals surface area (Å²) in [5.41, 5.74) is 1.93. The minimum atomic E-state index is -0.489. The van der Waals surface area contributed by atoms with Crippen molar-refractivity contribution in [2.24, 2.45) is 5.92 Å². The van der Waals surface area contributed by atoms with Crippen LogP contribution in [-0.4, -0.2) is 54.9 Å². The molecule has 0 bridgehead atoms. The van der Waals surface area contributed by atoms with Crippen molar-refractivity contribution in [2.45, 2.75) is 45.6 Å². The Kier molecular flexibility index (Phi) is 8.16. The number of hydrogen-bond donors (Lipinski definition) is 2. The number of rotatable bonds is 8. The maximum atomic E-state index is 13.3. The van der Waals surface area contributed by atoms with Gasteiger partial charge in [-0.25, -0.2) is 4.98 Å². The lowest BCUT2D eigenvalue weighted by Crippen LogP contribution is -2.35. The summed E-state index contributed by atoms with van der Waals surface area (Å²) in [6.07, 6.45) is 5.03. The fourth-order valence-electron chi connectivity index (χ4n) is 4.86. The molecule has 0 aliphatic heterocycles. The number of nitrogens with one attached hydrogen (secondary N) is 2. The zero-order valence-corrected chi connectivity index (χ0v) is 22.1. The highest BCUT2D eigenvalue weighted by Crippen LogP contribution is 2.36. The van der Waals surface area contributed by atoms with Crippen LogP contribution in [0.25, 0.3) is 11.0 Å². The normalized spacial score (nSPS) is 17.8. The number of fused-ring (bicyclic) bond motifs is 1. The first-order chi connectivity index (χ1) is 17.3. The highest BCUT2D eigenvalue weighted by atomic mass is 35.5. The third-order valence-electron chi connectivity index (χ3n) is 7.02. The van der Waals surface area contributed by atoms with E-state index in [1.807, 2.05) is 18.2 Å². The second kappa shape index (κ2) is 11.3. The molecule has 1 aliphatic rings. The minimum absolute atomic E-state index is 0.0498. The molecule has 192 valence electrons. The Hall–Kier alpha value is -3.10. The van der Waals surface area contributed by atoms with Gasteiger partial charge in [-0.3, -0.25) is 9.59 Å². The van der Waals surface area contributed by atoms with E-state index in [4.69, 9.17) is 16.0 Å². The Bertz CT molecular complexity index is 1210. The van der Waals surface area contributed by atoms with Crippen LogP contribution >= 0.6 is 11.6 Å². The molecule has 0 unspecified atom stereocenters. The van der Waals surface area contributed by atoms with Gasteiger partial charge in [0.05, 0.1) is 5.02 Å². The average molecular weight is 512 g/mol. The van der Waals surface area contributed by atoms with Gasteiger partial charge in [-0.05, 0) is 77.9 Å². The molecule has 1 fully saturated rings. The van der Waals surface area contributed by atoms with Crippen LogP contribution in [0.2, 0.25) is 5.02 Å². The van der Waals surface area contributed by atoms with Crippen molar-refractivity contribution in [3.05, 3.63) is 47.3 Å². The summed E-state index contributed by atoms with van der Waals surface area (Å²) < 4.78 is 6.06. The fraction of sp³-hybridized carbons (Fsp3) is 0.444. The van der Waals surface area contributed by atoms with E-state index in [0.717, 1.165) is 44.5 Å². The van der Waals surface area contributed by atoms with E-state index in [2.05, 4.69) is 53.4 Å². The molecule has 0 spiro atoms. The maximum Gasteiger partial charge on any atom is 0.294 e. The molecule has 1 aliphatic carbocycles. The van der Waals surface area contributed by atoms with Crippen LogP contribution in [0.15, 0.2) is 40.9 Å². The Morgan fingerprint density at radius 3 is 2.39 bits per heavy atom. The molecule has 1 aromatic carbocycles. The van der Waals surface area contributed by atoms with Crippen LogP contribution < -0.4 is 15.5 Å². The van der Waals surface area contributed by atoms with Crippen LogP contribution in [0.3, 0.4) is 0 Å². The van der Waals surface area contributed by atoms with Gasteiger partial charge in [0.1, 0.15) is 17.1 Å². The van der Waals surface area contributed by atoms with E-state index in [0.29, 0.717) is 33.5 Å². The van der Waals surface area contributed by atoms with Gasteiger partial charge < -0.3 is 24.9 Å². The molecule has 0 radical (unpaired) electrons. The van der Waals surface area contributed by atoms with Crippen molar-refractivity contribution in [2.75, 3.05) is 42.7 Å². The molecule has 2 heterocycles. The lowest BCUT2D eigenvalue weighted by Gasteiger charge is -2.31. The Labute approximate surface area is 217 Å². The summed E-state index contributed by atoms with van der Waals surface area (Å²) >= 11 is 5.92. The van der Waals surface area contributed by atoms with Gasteiger partial charge in [-0.15, -0.1) is 0 Å². The van der Waals surface area contributed by atoms with Crippen molar-refractivity contribution in [3.8, 4) is 0 Å². The Balaban J connectivity index is 1.64. The van der Waals surface area contributed by atoms with Gasteiger partial charge in [0.25, 0.3) is 5.91 Å². The quantitative estimate of drug-likeness (QED) is 0.407. The van der Waals surface area contributed by atoms with E-state index in [1.54, 1.807) is 12.1 Å². The molecule has 0 atom stereocenters. The number of aromatic nitrogens is 1. The molecule has 0 saturated heterocycles. The van der Waals surface area contributed by atoms with Gasteiger partial charge in [0.15, 0.2) is 0 Å². The Morgan fingerprint density at radius 2 is 1.78 bits per heavy atom. The predicted molar refractivity (Wildman–Crippen MR) is 145 cm³/mol. The third kappa shape index (κ3) is 5.65. The molecule has 9 heteroatoms. The molecule has 1 saturated carbocycles. The number of carbonyl (C=O) groups excluding carboxylic acids is 2. The van der Waals surface area contributed by atoms with E-state index in [9.17, 15) is 9.59 Å². The first-order valence-electron chi connectivity index (χ1n) is 12.5. The minimum Gasteiger partial charge on any atom is -0.449 e. The van der Waals surface area contributed by atoms with Crippen molar-refractivity contribution in [1.82, 2.24) is 9.88 Å². The van der Waals surface area contributed by atoms with E-state index < -0.39 is 5.91 Å². The molecule has 2 N–H and O–H groups in total. The van der Waals surface area contributed by atoms with Gasteiger partial charge in [0, 0.05) is 48.4 Å². The van der Waals surface area contributed by atoms with Crippen molar-refractivity contribution < 1.29 is 14.0 Å². The number of pyridine rings is 1. The van der Waals surface area contributed by atoms with Gasteiger partial charge in [-0.2, -0.15) is 0 Å². The highest BCUT2D eigenvalue weighted by Gasteiger charge is 2.30. The molecule has 2 amide bonds. The first-order valence-corrected chi connectivity index (χ1v) is 12.9. The zero-order valence-electron chi connectivity index (χ0n) is 21.3. The van der Waals surface area contributed by atoms with Crippen LogP contribution in [0.1, 0.15) is 50.1 Å². The van der Waals surface area contributed by atoms with Crippen LogP contribution in [0.5, 0.6) is 0 Å². The fourth-order valence-corrected chi connectivity index (χ4v) is 4.97. The van der Waals surface area contributed by atoms with E-state index in [1.165, 1.54) is 6.20 Å². The summed E-state index contributed by atoms with van der Waals surface area (Å²) in [4.78, 5) is 35.1. The number of halogens is 1. The highest BCUT2D eigenvalue weighted by molar-refractivity contribution is 6.30. The topological polar surface area (TPSA) is 90.7 Å². The van der Waals surface area contributed by atoms with Gasteiger partial charge in [0.2, 0.25) is 11.7 Å². The summed E-state index contributed by atoms with van der Waals surface area (Å²) in [5, 5.41) is 6.95. The Morgan fingerprint density at radius 1 is 1.06 bits per heavy atom. The third-order valence-corrected chi connectivity index (χ3v) is 7.25. The smallest absolute Gasteiger partial charge is 0.294 e. The number of amides is 2. The van der Waals surface area contributed by atoms with Crippen LogP contribution in [0.4, 0.5) is 17.2 Å². The second-order valence-electron chi connectivity index (χ2n) is 9.43. The van der Waals surface area contributed by atoms with E-state index >= 15 is 0 Å². The number of benzene rings is 1. The average Bonchev–Trinajstić information content (AvgIpc) is 3.24. The summed E-state index contributed by atoms with van der Waals surface area (Å²) in [7, 11) is 4.16. The molecule has 36 heavy (non-hydrogen) atoms. The number of nitrogens with zero attached hydrogens (tertiary/aromatic N) is 3. The monoisotopic (exact) mass is 511 g/mol. The predicted octanol–water partition coefficient (Wildman–Crippen LogP) is 5.64. The SMILES string of the molecule is CCN(CC)c1ccc2c(NC(=O)C3CCC(N(C)C)CC3)c(C(=O)Nc3ccc(Cl)cn3)oc2c1. The van der Waals surface area contributed by atoms with Crippen molar-refractivity contribution in [1.29, 1.82) is 0 Å². The van der Waals surface area contributed by atoms with Crippen LogP contribution in [0, 0.1) is 5.92 Å². The number of hydrogen-bond acceptors (Lipinski definition) is 6. The van der Waals surface area contributed by atoms with E-state index in [-0.39, 0.29) is 17.6 Å². The zero-order chi connectivity index (χ0) is 25.8. The maximum absolute atomic E-state index is 13.3. The summed E-state index contributed by atoms with van der Waals surface area (Å²) in [6, 6.07) is 9.57. The molecular weight excluding hydrogens is 478 g/mol. The number of anilines is 3. The molecule has 2 aromatic heterocycles. The molecular formula is C27H34ClN5O3. The van der Waals surface area contributed by atoms with Gasteiger partial charge in [-0.1, -0.05) is 11.6 Å². The first kappa shape index (κ1) is 26.0. The van der Waals surface area contributed by atoms with Crippen LogP contribution in [-0.2, 0) is 4.79 Å². The van der Waals surface area contributed by atoms with Gasteiger partial charge >= 0.3 is 0 Å². The van der Waals surface area contributed by atoms with Crippen molar-refractivity contribution in [3.63, 3.8) is 0 Å².